The van der Waals surface area contributed by atoms with Crippen LogP contribution < -0.4 is 5.32 Å². The third kappa shape index (κ3) is 4.10. The van der Waals surface area contributed by atoms with Crippen molar-refractivity contribution in [3.05, 3.63) is 0 Å². The van der Waals surface area contributed by atoms with E-state index in [-0.39, 0.29) is 18.0 Å². The van der Waals surface area contributed by atoms with Crippen LogP contribution in [-0.2, 0) is 9.53 Å². The third-order valence-corrected chi connectivity index (χ3v) is 5.84. The van der Waals surface area contributed by atoms with Crippen LogP contribution in [-0.4, -0.2) is 65.7 Å². The van der Waals surface area contributed by atoms with Gasteiger partial charge in [0.2, 0.25) is 5.91 Å². The number of nitrogens with one attached hydrogen (secondary N) is 1. The van der Waals surface area contributed by atoms with Gasteiger partial charge >= 0.3 is 6.09 Å². The highest BCUT2D eigenvalue weighted by Gasteiger charge is 2.45. The molecule has 3 rings (SSSR count). The summed E-state index contributed by atoms with van der Waals surface area (Å²) in [6.45, 7) is 7.76. The van der Waals surface area contributed by atoms with Crippen LogP contribution in [0.3, 0.4) is 0 Å². The zero-order chi connectivity index (χ0) is 18.2. The van der Waals surface area contributed by atoms with E-state index >= 15 is 0 Å². The predicted molar refractivity (Wildman–Crippen MR) is 96.3 cm³/mol. The predicted octanol–water partition coefficient (Wildman–Crippen LogP) is 2.37. The lowest BCUT2D eigenvalue weighted by molar-refractivity contribution is -0.125. The van der Waals surface area contributed by atoms with Crippen molar-refractivity contribution in [2.45, 2.75) is 83.0 Å². The molecule has 0 aromatic carbocycles. The van der Waals surface area contributed by atoms with Crippen LogP contribution in [0.1, 0.15) is 59.3 Å². The molecule has 3 unspecified atom stereocenters. The Morgan fingerprint density at radius 2 is 1.76 bits per heavy atom. The summed E-state index contributed by atoms with van der Waals surface area (Å²) >= 11 is 0. The molecule has 0 saturated carbocycles. The molecule has 3 aliphatic heterocycles. The standard InChI is InChI=1S/C19H33N3O3/c1-19(2,3)25-18(24)22-14-7-8-15(22)11-13(10-14)12-21-9-5-6-16(21)17(23)20-4/h13-16H,5-12H2,1-4H3,(H,20,23). The van der Waals surface area contributed by atoms with Crippen molar-refractivity contribution in [3.8, 4) is 0 Å². The minimum Gasteiger partial charge on any atom is -0.444 e. The number of likely N-dealkylation sites (N-methyl/N-ethyl adjacent to an activating group) is 1. The zero-order valence-electron chi connectivity index (χ0n) is 16.1. The van der Waals surface area contributed by atoms with Gasteiger partial charge in [-0.05, 0) is 71.8 Å². The Morgan fingerprint density at radius 3 is 2.32 bits per heavy atom. The largest absolute Gasteiger partial charge is 0.444 e. The molecule has 3 atom stereocenters. The Labute approximate surface area is 151 Å². The van der Waals surface area contributed by atoms with Gasteiger partial charge in [0, 0.05) is 25.7 Å². The van der Waals surface area contributed by atoms with Gasteiger partial charge in [0.15, 0.2) is 0 Å². The number of ether oxygens (including phenoxy) is 1. The average Bonchev–Trinajstić information content (AvgIpc) is 3.08. The fraction of sp³-hybridized carbons (Fsp3) is 0.895. The molecule has 1 N–H and O–H groups in total. The van der Waals surface area contributed by atoms with Crippen LogP contribution in [0.25, 0.3) is 0 Å². The van der Waals surface area contributed by atoms with Crippen LogP contribution in [0.5, 0.6) is 0 Å². The maximum Gasteiger partial charge on any atom is 0.410 e. The van der Waals surface area contributed by atoms with E-state index in [9.17, 15) is 9.59 Å². The fourth-order valence-electron chi connectivity index (χ4n) is 4.89. The molecule has 3 saturated heterocycles. The second-order valence-corrected chi connectivity index (χ2v) is 8.88. The van der Waals surface area contributed by atoms with Crippen molar-refractivity contribution >= 4 is 12.0 Å². The van der Waals surface area contributed by atoms with Gasteiger partial charge in [-0.1, -0.05) is 0 Å². The summed E-state index contributed by atoms with van der Waals surface area (Å²) in [6, 6.07) is 0.644. The molecule has 3 aliphatic rings. The molecule has 0 aromatic heterocycles. The van der Waals surface area contributed by atoms with E-state index in [1.807, 2.05) is 25.7 Å². The van der Waals surface area contributed by atoms with Gasteiger partial charge < -0.3 is 15.0 Å². The van der Waals surface area contributed by atoms with Crippen LogP contribution in [0.2, 0.25) is 0 Å². The third-order valence-electron chi connectivity index (χ3n) is 5.84. The summed E-state index contributed by atoms with van der Waals surface area (Å²) in [4.78, 5) is 29.0. The van der Waals surface area contributed by atoms with Gasteiger partial charge in [-0.25, -0.2) is 4.79 Å². The molecule has 2 bridgehead atoms. The minimum absolute atomic E-state index is 0.0338. The molecule has 142 valence electrons. The molecule has 0 aliphatic carbocycles. The molecule has 2 amide bonds. The Kier molecular flexibility index (Phi) is 5.28. The van der Waals surface area contributed by atoms with Crippen LogP contribution in [0, 0.1) is 5.92 Å². The average molecular weight is 351 g/mol. The smallest absolute Gasteiger partial charge is 0.410 e. The number of likely N-dealkylation sites (tertiary alicyclic amines) is 1. The Bertz CT molecular complexity index is 503. The first kappa shape index (κ1) is 18.5. The van der Waals surface area contributed by atoms with Crippen LogP contribution in [0.15, 0.2) is 0 Å². The lowest BCUT2D eigenvalue weighted by atomic mass is 9.90. The molecule has 0 aromatic rings. The number of rotatable bonds is 3. The summed E-state index contributed by atoms with van der Waals surface area (Å²) in [5, 5.41) is 2.80. The Morgan fingerprint density at radius 1 is 1.12 bits per heavy atom. The molecular weight excluding hydrogens is 318 g/mol. The molecule has 3 heterocycles. The first-order chi connectivity index (χ1) is 11.8. The summed E-state index contributed by atoms with van der Waals surface area (Å²) in [5.74, 6) is 0.716. The van der Waals surface area contributed by atoms with Crippen molar-refractivity contribution in [2.75, 3.05) is 20.1 Å². The quantitative estimate of drug-likeness (QED) is 0.848. The number of hydrogen-bond acceptors (Lipinski definition) is 4. The van der Waals surface area contributed by atoms with Crippen molar-refractivity contribution in [2.24, 2.45) is 5.92 Å². The maximum absolute atomic E-state index is 12.5. The molecule has 0 radical (unpaired) electrons. The minimum atomic E-state index is -0.441. The molecule has 0 spiro atoms. The highest BCUT2D eigenvalue weighted by Crippen LogP contribution is 2.40. The first-order valence-corrected chi connectivity index (χ1v) is 9.75. The van der Waals surface area contributed by atoms with Crippen molar-refractivity contribution in [1.82, 2.24) is 15.1 Å². The molecule has 3 fully saturated rings. The van der Waals surface area contributed by atoms with E-state index < -0.39 is 5.60 Å². The Balaban J connectivity index is 1.58. The normalized spacial score (nSPS) is 32.7. The van der Waals surface area contributed by atoms with E-state index in [0.717, 1.165) is 51.6 Å². The maximum atomic E-state index is 12.5. The summed E-state index contributed by atoms with van der Waals surface area (Å²) < 4.78 is 5.61. The SMILES string of the molecule is CNC(=O)C1CCCN1CC1CC2CCC(C1)N2C(=O)OC(C)(C)C. The van der Waals surface area contributed by atoms with Crippen LogP contribution >= 0.6 is 0 Å². The van der Waals surface area contributed by atoms with Gasteiger partial charge in [0.05, 0.1) is 6.04 Å². The van der Waals surface area contributed by atoms with Crippen LogP contribution in [0.4, 0.5) is 4.79 Å². The second-order valence-electron chi connectivity index (χ2n) is 8.88. The van der Waals surface area contributed by atoms with Gasteiger partial charge in [0.25, 0.3) is 0 Å². The number of amides is 2. The highest BCUT2D eigenvalue weighted by molar-refractivity contribution is 5.81. The summed E-state index contributed by atoms with van der Waals surface area (Å²) in [7, 11) is 1.72. The van der Waals surface area contributed by atoms with E-state index in [2.05, 4.69) is 10.2 Å². The number of piperidine rings is 1. The summed E-state index contributed by atoms with van der Waals surface area (Å²) in [6.07, 6.45) is 6.14. The lowest BCUT2D eigenvalue weighted by Gasteiger charge is -2.41. The van der Waals surface area contributed by atoms with E-state index in [4.69, 9.17) is 4.74 Å². The molecule has 6 heteroatoms. The fourth-order valence-corrected chi connectivity index (χ4v) is 4.89. The van der Waals surface area contributed by atoms with Gasteiger partial charge in [0.1, 0.15) is 5.60 Å². The van der Waals surface area contributed by atoms with Gasteiger partial charge in [-0.3, -0.25) is 9.69 Å². The number of fused-ring (bicyclic) bond motifs is 2. The van der Waals surface area contributed by atoms with Crippen molar-refractivity contribution in [3.63, 3.8) is 0 Å². The Hall–Kier alpha value is -1.30. The zero-order valence-corrected chi connectivity index (χ0v) is 16.1. The van der Waals surface area contributed by atoms with Crippen molar-refractivity contribution < 1.29 is 14.3 Å². The molecular formula is C19H33N3O3. The monoisotopic (exact) mass is 351 g/mol. The highest BCUT2D eigenvalue weighted by atomic mass is 16.6. The number of nitrogens with zero attached hydrogens (tertiary/aromatic N) is 2. The summed E-state index contributed by atoms with van der Waals surface area (Å²) in [5.41, 5.74) is -0.441. The lowest BCUT2D eigenvalue weighted by Crippen LogP contribution is -2.51. The number of hydrogen-bond donors (Lipinski definition) is 1. The first-order valence-electron chi connectivity index (χ1n) is 9.75. The topological polar surface area (TPSA) is 61.9 Å². The van der Waals surface area contributed by atoms with Crippen molar-refractivity contribution in [1.29, 1.82) is 0 Å². The molecule has 6 nitrogen and oxygen atoms in total. The van der Waals surface area contributed by atoms with E-state index in [0.29, 0.717) is 18.0 Å². The van der Waals surface area contributed by atoms with E-state index in [1.54, 1.807) is 7.05 Å². The van der Waals surface area contributed by atoms with Gasteiger partial charge in [-0.2, -0.15) is 0 Å². The van der Waals surface area contributed by atoms with Gasteiger partial charge in [-0.15, -0.1) is 0 Å². The second kappa shape index (κ2) is 7.14. The number of carbonyl (C=O) groups is 2. The van der Waals surface area contributed by atoms with E-state index in [1.165, 1.54) is 0 Å². The molecule has 25 heavy (non-hydrogen) atoms. The number of carbonyl (C=O) groups excluding carboxylic acids is 2.